The summed E-state index contributed by atoms with van der Waals surface area (Å²) in [6.45, 7) is 4.79. The SMILES string of the molecule is CCCn1nncc1-c1ncnc2c1CNCC2. The van der Waals surface area contributed by atoms with Gasteiger partial charge >= 0.3 is 0 Å². The Labute approximate surface area is 105 Å². The molecule has 1 aliphatic rings. The third-order valence-electron chi connectivity index (χ3n) is 3.17. The molecule has 6 nitrogen and oxygen atoms in total. The van der Waals surface area contributed by atoms with Crippen molar-refractivity contribution in [2.45, 2.75) is 32.9 Å². The van der Waals surface area contributed by atoms with Crippen molar-refractivity contribution >= 4 is 0 Å². The van der Waals surface area contributed by atoms with Crippen molar-refractivity contribution < 1.29 is 0 Å². The van der Waals surface area contributed by atoms with E-state index in [1.807, 2.05) is 4.68 Å². The molecule has 0 fully saturated rings. The summed E-state index contributed by atoms with van der Waals surface area (Å²) in [5.74, 6) is 0. The third-order valence-corrected chi connectivity index (χ3v) is 3.17. The second kappa shape index (κ2) is 4.81. The molecule has 3 rings (SSSR count). The van der Waals surface area contributed by atoms with E-state index in [0.717, 1.165) is 49.6 Å². The number of hydrogen-bond donors (Lipinski definition) is 1. The molecule has 0 aliphatic carbocycles. The summed E-state index contributed by atoms with van der Waals surface area (Å²) in [5, 5.41) is 11.5. The highest BCUT2D eigenvalue weighted by molar-refractivity contribution is 5.59. The molecule has 0 radical (unpaired) electrons. The van der Waals surface area contributed by atoms with Crippen LogP contribution in [0.15, 0.2) is 12.5 Å². The normalized spacial score (nSPS) is 14.5. The van der Waals surface area contributed by atoms with Crippen LogP contribution in [0.3, 0.4) is 0 Å². The van der Waals surface area contributed by atoms with Crippen molar-refractivity contribution in [3.8, 4) is 11.4 Å². The van der Waals surface area contributed by atoms with Gasteiger partial charge in [0.05, 0.1) is 17.6 Å². The first-order valence-corrected chi connectivity index (χ1v) is 6.32. The molecule has 0 saturated carbocycles. The number of aryl methyl sites for hydroxylation is 1. The number of aromatic nitrogens is 5. The van der Waals surface area contributed by atoms with Crippen LogP contribution in [0.25, 0.3) is 11.4 Å². The topological polar surface area (TPSA) is 68.5 Å². The van der Waals surface area contributed by atoms with Crippen LogP contribution in [-0.2, 0) is 19.5 Å². The number of fused-ring (bicyclic) bond motifs is 1. The molecule has 0 spiro atoms. The van der Waals surface area contributed by atoms with E-state index in [9.17, 15) is 0 Å². The van der Waals surface area contributed by atoms with Gasteiger partial charge in [0, 0.05) is 31.6 Å². The first-order chi connectivity index (χ1) is 8.90. The van der Waals surface area contributed by atoms with Crippen LogP contribution in [0.2, 0.25) is 0 Å². The number of nitrogens with zero attached hydrogens (tertiary/aromatic N) is 5. The number of hydrogen-bond acceptors (Lipinski definition) is 5. The van der Waals surface area contributed by atoms with Crippen molar-refractivity contribution in [1.29, 1.82) is 0 Å². The Morgan fingerprint density at radius 3 is 3.22 bits per heavy atom. The van der Waals surface area contributed by atoms with Crippen LogP contribution in [-0.4, -0.2) is 31.5 Å². The average Bonchev–Trinajstić information content (AvgIpc) is 2.87. The first-order valence-electron chi connectivity index (χ1n) is 6.32. The Balaban J connectivity index is 2.08. The molecule has 0 unspecified atom stereocenters. The summed E-state index contributed by atoms with van der Waals surface area (Å²) >= 11 is 0. The summed E-state index contributed by atoms with van der Waals surface area (Å²) in [6.07, 6.45) is 5.41. The van der Waals surface area contributed by atoms with Crippen LogP contribution >= 0.6 is 0 Å². The van der Waals surface area contributed by atoms with E-state index in [-0.39, 0.29) is 0 Å². The summed E-state index contributed by atoms with van der Waals surface area (Å²) < 4.78 is 1.91. The van der Waals surface area contributed by atoms with Crippen LogP contribution < -0.4 is 5.32 Å². The van der Waals surface area contributed by atoms with Gasteiger partial charge in [0.15, 0.2) is 0 Å². The smallest absolute Gasteiger partial charge is 0.116 e. The quantitative estimate of drug-likeness (QED) is 0.864. The number of nitrogens with one attached hydrogen (secondary N) is 1. The molecule has 94 valence electrons. The van der Waals surface area contributed by atoms with E-state index in [0.29, 0.717) is 0 Å². The van der Waals surface area contributed by atoms with Gasteiger partial charge in [-0.3, -0.25) is 0 Å². The molecule has 0 bridgehead atoms. The van der Waals surface area contributed by atoms with Crippen molar-refractivity contribution in [1.82, 2.24) is 30.3 Å². The molecule has 18 heavy (non-hydrogen) atoms. The molecular weight excluding hydrogens is 228 g/mol. The predicted molar refractivity (Wildman–Crippen MR) is 66.7 cm³/mol. The summed E-state index contributed by atoms with van der Waals surface area (Å²) in [4.78, 5) is 8.79. The fourth-order valence-corrected chi connectivity index (χ4v) is 2.31. The van der Waals surface area contributed by atoms with Gasteiger partial charge in [-0.15, -0.1) is 5.10 Å². The van der Waals surface area contributed by atoms with Gasteiger partial charge in [0.1, 0.15) is 12.0 Å². The maximum Gasteiger partial charge on any atom is 0.116 e. The van der Waals surface area contributed by atoms with Crippen LogP contribution in [0.4, 0.5) is 0 Å². The van der Waals surface area contributed by atoms with Gasteiger partial charge in [-0.2, -0.15) is 0 Å². The number of rotatable bonds is 3. The molecule has 2 aromatic rings. The monoisotopic (exact) mass is 244 g/mol. The second-order valence-electron chi connectivity index (χ2n) is 4.42. The minimum Gasteiger partial charge on any atom is -0.312 e. The summed E-state index contributed by atoms with van der Waals surface area (Å²) in [6, 6.07) is 0. The summed E-state index contributed by atoms with van der Waals surface area (Å²) in [7, 11) is 0. The molecule has 6 heteroatoms. The molecule has 2 aromatic heterocycles. The highest BCUT2D eigenvalue weighted by Crippen LogP contribution is 2.24. The van der Waals surface area contributed by atoms with Crippen LogP contribution in [0.1, 0.15) is 24.6 Å². The van der Waals surface area contributed by atoms with E-state index in [1.54, 1.807) is 12.5 Å². The van der Waals surface area contributed by atoms with E-state index >= 15 is 0 Å². The fourth-order valence-electron chi connectivity index (χ4n) is 2.31. The molecule has 0 amide bonds. The van der Waals surface area contributed by atoms with Crippen molar-refractivity contribution in [2.24, 2.45) is 0 Å². The Hall–Kier alpha value is -1.82. The van der Waals surface area contributed by atoms with E-state index in [2.05, 4.69) is 32.5 Å². The van der Waals surface area contributed by atoms with Gasteiger partial charge in [0.25, 0.3) is 0 Å². The standard InChI is InChI=1S/C12H16N6/c1-2-5-18-11(7-16-17-18)12-9-6-13-4-3-10(9)14-8-15-12/h7-8,13H,2-6H2,1H3. The van der Waals surface area contributed by atoms with Gasteiger partial charge in [-0.1, -0.05) is 12.1 Å². The van der Waals surface area contributed by atoms with Crippen LogP contribution in [0.5, 0.6) is 0 Å². The Morgan fingerprint density at radius 1 is 1.39 bits per heavy atom. The van der Waals surface area contributed by atoms with E-state index in [4.69, 9.17) is 0 Å². The lowest BCUT2D eigenvalue weighted by molar-refractivity contribution is 0.580. The zero-order chi connectivity index (χ0) is 12.4. The lowest BCUT2D eigenvalue weighted by Gasteiger charge is -2.18. The molecule has 0 aromatic carbocycles. The highest BCUT2D eigenvalue weighted by Gasteiger charge is 2.18. The molecule has 0 saturated heterocycles. The van der Waals surface area contributed by atoms with E-state index < -0.39 is 0 Å². The fraction of sp³-hybridized carbons (Fsp3) is 0.500. The predicted octanol–water partition coefficient (Wildman–Crippen LogP) is 0.791. The molecule has 0 atom stereocenters. The Morgan fingerprint density at radius 2 is 2.33 bits per heavy atom. The second-order valence-corrected chi connectivity index (χ2v) is 4.42. The lowest BCUT2D eigenvalue weighted by Crippen LogP contribution is -2.25. The van der Waals surface area contributed by atoms with Gasteiger partial charge in [0.2, 0.25) is 0 Å². The summed E-state index contributed by atoms with van der Waals surface area (Å²) in [5.41, 5.74) is 4.27. The highest BCUT2D eigenvalue weighted by atomic mass is 15.4. The molecule has 1 aliphatic heterocycles. The zero-order valence-corrected chi connectivity index (χ0v) is 10.4. The maximum absolute atomic E-state index is 4.43. The Bertz CT molecular complexity index is 547. The Kier molecular flexibility index (Phi) is 3.02. The van der Waals surface area contributed by atoms with Crippen LogP contribution in [0, 0.1) is 0 Å². The molecule has 1 N–H and O–H groups in total. The van der Waals surface area contributed by atoms with E-state index in [1.165, 1.54) is 5.56 Å². The van der Waals surface area contributed by atoms with Gasteiger partial charge < -0.3 is 5.32 Å². The minimum absolute atomic E-state index is 0.822. The van der Waals surface area contributed by atoms with Gasteiger partial charge in [-0.05, 0) is 6.42 Å². The zero-order valence-electron chi connectivity index (χ0n) is 10.4. The third kappa shape index (κ3) is 1.88. The largest absolute Gasteiger partial charge is 0.312 e. The average molecular weight is 244 g/mol. The first kappa shape index (κ1) is 11.3. The van der Waals surface area contributed by atoms with Gasteiger partial charge in [-0.25, -0.2) is 14.6 Å². The lowest BCUT2D eigenvalue weighted by atomic mass is 10.0. The molecule has 3 heterocycles. The maximum atomic E-state index is 4.43. The minimum atomic E-state index is 0.822. The molecular formula is C12H16N6. The van der Waals surface area contributed by atoms with Crippen molar-refractivity contribution in [3.63, 3.8) is 0 Å². The van der Waals surface area contributed by atoms with Crippen molar-refractivity contribution in [3.05, 3.63) is 23.8 Å². The van der Waals surface area contributed by atoms with Crippen molar-refractivity contribution in [2.75, 3.05) is 6.54 Å².